The molecule has 1 amide bonds. The van der Waals surface area contributed by atoms with Gasteiger partial charge in [0.15, 0.2) is 10.2 Å². The van der Waals surface area contributed by atoms with E-state index in [1.54, 1.807) is 54.0 Å². The third-order valence-electron chi connectivity index (χ3n) is 8.12. The Morgan fingerprint density at radius 1 is 1.07 bits per heavy atom. The summed E-state index contributed by atoms with van der Waals surface area (Å²) < 4.78 is 30.6. The Bertz CT molecular complexity index is 1920. The summed E-state index contributed by atoms with van der Waals surface area (Å²) in [7, 11) is -3.95. The van der Waals surface area contributed by atoms with Gasteiger partial charge in [-0.15, -0.1) is 0 Å². The Morgan fingerprint density at radius 3 is 2.43 bits per heavy atom. The molecule has 3 heterocycles. The molecule has 2 atom stereocenters. The van der Waals surface area contributed by atoms with Crippen molar-refractivity contribution in [1.29, 1.82) is 0 Å². The van der Waals surface area contributed by atoms with E-state index in [1.165, 1.54) is 6.20 Å². The summed E-state index contributed by atoms with van der Waals surface area (Å²) in [5.41, 5.74) is 9.57. The highest BCUT2D eigenvalue weighted by atomic mass is 32.2. The van der Waals surface area contributed by atoms with Crippen LogP contribution in [-0.2, 0) is 10.0 Å². The standard InChI is InChI=1S/C32H34N8O3S3/c1-18(2)14-37-46(42,43)28-12-23-26(39-30(41)20-5-3-9-34-15-20)13-27(29(23)24-17-36-25(11-22(24)28)19-7-8-19)40(31(33)44)32(45)38-21-6-4-10-35-16-21/h3-6,9-12,15-19,26-27,37H,7-8,13-14H2,1-2H3,(H2,33,44)(H,38,45)(H,39,41)/t26-,27-/m1/s1. The Balaban J connectivity index is 1.52. The molecule has 3 aromatic heterocycles. The van der Waals surface area contributed by atoms with Gasteiger partial charge in [-0.05, 0) is 97.1 Å². The smallest absolute Gasteiger partial charge is 0.253 e. The van der Waals surface area contributed by atoms with Crippen molar-refractivity contribution < 1.29 is 13.2 Å². The molecule has 1 fully saturated rings. The molecule has 0 saturated heterocycles. The molecule has 0 radical (unpaired) electrons. The third kappa shape index (κ3) is 6.56. The molecule has 2 aliphatic carbocycles. The van der Waals surface area contributed by atoms with Crippen molar-refractivity contribution >= 4 is 67.1 Å². The van der Waals surface area contributed by atoms with Crippen LogP contribution in [0, 0.1) is 5.92 Å². The zero-order valence-electron chi connectivity index (χ0n) is 25.3. The van der Waals surface area contributed by atoms with Gasteiger partial charge in [-0.3, -0.25) is 24.6 Å². The van der Waals surface area contributed by atoms with Gasteiger partial charge in [-0.25, -0.2) is 13.1 Å². The van der Waals surface area contributed by atoms with Crippen molar-refractivity contribution in [1.82, 2.24) is 29.9 Å². The lowest BCUT2D eigenvalue weighted by atomic mass is 9.98. The number of anilines is 1. The number of thiocarbonyl (C=S) groups is 2. The molecule has 6 rings (SSSR count). The average Bonchev–Trinajstić information content (AvgIpc) is 3.83. The van der Waals surface area contributed by atoms with Gasteiger partial charge in [0.25, 0.3) is 5.91 Å². The third-order valence-corrected chi connectivity index (χ3v) is 10.1. The predicted molar refractivity (Wildman–Crippen MR) is 185 cm³/mol. The molecule has 2 aliphatic rings. The largest absolute Gasteiger partial charge is 0.376 e. The van der Waals surface area contributed by atoms with E-state index in [1.807, 2.05) is 26.0 Å². The number of fused-ring (bicyclic) bond motifs is 3. The van der Waals surface area contributed by atoms with Gasteiger partial charge < -0.3 is 16.4 Å². The van der Waals surface area contributed by atoms with Gasteiger partial charge >= 0.3 is 0 Å². The number of nitrogens with two attached hydrogens (primary N) is 1. The Kier molecular flexibility index (Phi) is 8.97. The SMILES string of the molecule is CC(C)CNS(=O)(=O)c1cc2c(c3cnc(C4CC4)cc13)[C@H](N(C(N)=S)C(=S)Nc1cccnc1)C[C@H]2NC(=O)c1cccnc1. The molecule has 46 heavy (non-hydrogen) atoms. The first kappa shape index (κ1) is 31.9. The minimum atomic E-state index is -3.95. The second-order valence-electron chi connectivity index (χ2n) is 12.0. The van der Waals surface area contributed by atoms with Crippen molar-refractivity contribution in [2.45, 2.75) is 56.0 Å². The normalized spacial score (nSPS) is 17.5. The van der Waals surface area contributed by atoms with Crippen LogP contribution >= 0.6 is 24.4 Å². The summed E-state index contributed by atoms with van der Waals surface area (Å²) in [6.07, 6.45) is 10.4. The van der Waals surface area contributed by atoms with Crippen molar-refractivity contribution in [3.05, 3.63) is 89.8 Å². The molecule has 238 valence electrons. The lowest BCUT2D eigenvalue weighted by molar-refractivity contribution is 0.0934. The summed E-state index contributed by atoms with van der Waals surface area (Å²) in [6, 6.07) is 9.32. The number of nitrogens with one attached hydrogen (secondary N) is 3. The number of carbonyl (C=O) groups is 1. The van der Waals surface area contributed by atoms with E-state index in [2.05, 4.69) is 25.3 Å². The van der Waals surface area contributed by atoms with E-state index < -0.39 is 22.1 Å². The highest BCUT2D eigenvalue weighted by Gasteiger charge is 2.41. The van der Waals surface area contributed by atoms with E-state index in [0.29, 0.717) is 39.9 Å². The fourth-order valence-corrected chi connectivity index (χ4v) is 7.84. The van der Waals surface area contributed by atoms with Gasteiger partial charge in [0.05, 0.1) is 34.4 Å². The van der Waals surface area contributed by atoms with Crippen LogP contribution in [0.1, 0.15) is 78.3 Å². The first-order valence-electron chi connectivity index (χ1n) is 15.0. The van der Waals surface area contributed by atoms with Crippen LogP contribution < -0.4 is 21.1 Å². The summed E-state index contributed by atoms with van der Waals surface area (Å²) in [4.78, 5) is 28.2. The number of sulfonamides is 1. The molecule has 0 spiro atoms. The number of hydrogen-bond acceptors (Lipinski definition) is 8. The van der Waals surface area contributed by atoms with Crippen LogP contribution in [0.5, 0.6) is 0 Å². The van der Waals surface area contributed by atoms with Crippen LogP contribution in [0.4, 0.5) is 5.69 Å². The quantitative estimate of drug-likeness (QED) is 0.183. The van der Waals surface area contributed by atoms with Gasteiger partial charge in [0, 0.05) is 53.7 Å². The van der Waals surface area contributed by atoms with Gasteiger partial charge in [-0.1, -0.05) is 13.8 Å². The highest BCUT2D eigenvalue weighted by Crippen LogP contribution is 2.49. The molecular weight excluding hydrogens is 641 g/mol. The fraction of sp³-hybridized carbons (Fsp3) is 0.312. The maximum Gasteiger partial charge on any atom is 0.253 e. The van der Waals surface area contributed by atoms with Gasteiger partial charge in [0.1, 0.15) is 0 Å². The Hall–Kier alpha value is -4.11. The number of benzene rings is 1. The molecule has 4 aromatic rings. The minimum absolute atomic E-state index is 0.0163. The first-order chi connectivity index (χ1) is 22.0. The Labute approximate surface area is 278 Å². The molecule has 1 saturated carbocycles. The second-order valence-corrected chi connectivity index (χ2v) is 14.5. The number of rotatable bonds is 9. The van der Waals surface area contributed by atoms with Crippen LogP contribution in [0.25, 0.3) is 10.8 Å². The number of amides is 1. The molecule has 14 heteroatoms. The van der Waals surface area contributed by atoms with Crippen LogP contribution in [0.2, 0.25) is 0 Å². The van der Waals surface area contributed by atoms with E-state index >= 15 is 0 Å². The van der Waals surface area contributed by atoms with Crippen LogP contribution in [-0.4, -0.2) is 50.9 Å². The fourth-order valence-electron chi connectivity index (χ4n) is 5.77. The van der Waals surface area contributed by atoms with Crippen molar-refractivity contribution in [2.75, 3.05) is 11.9 Å². The van der Waals surface area contributed by atoms with Gasteiger partial charge in [-0.2, -0.15) is 0 Å². The lowest BCUT2D eigenvalue weighted by Gasteiger charge is -2.31. The average molecular weight is 675 g/mol. The van der Waals surface area contributed by atoms with E-state index in [4.69, 9.17) is 35.2 Å². The molecule has 5 N–H and O–H groups in total. The summed E-state index contributed by atoms with van der Waals surface area (Å²) in [5, 5.41) is 7.69. The maximum atomic E-state index is 13.9. The van der Waals surface area contributed by atoms with E-state index in [0.717, 1.165) is 24.1 Å². The summed E-state index contributed by atoms with van der Waals surface area (Å²) in [6.45, 7) is 4.16. The number of hydrogen-bond donors (Lipinski definition) is 4. The molecule has 0 bridgehead atoms. The highest BCUT2D eigenvalue weighted by molar-refractivity contribution is 7.89. The number of aromatic nitrogens is 3. The minimum Gasteiger partial charge on any atom is -0.376 e. The molecule has 11 nitrogen and oxygen atoms in total. The zero-order chi connectivity index (χ0) is 32.6. The first-order valence-corrected chi connectivity index (χ1v) is 17.3. The van der Waals surface area contributed by atoms with E-state index in [-0.39, 0.29) is 33.5 Å². The molecule has 1 aromatic carbocycles. The van der Waals surface area contributed by atoms with Crippen molar-refractivity contribution in [3.8, 4) is 0 Å². The van der Waals surface area contributed by atoms with Crippen LogP contribution in [0.15, 0.2) is 72.3 Å². The zero-order valence-corrected chi connectivity index (χ0v) is 27.8. The molecule has 0 unspecified atom stereocenters. The monoisotopic (exact) mass is 674 g/mol. The Morgan fingerprint density at radius 2 is 1.80 bits per heavy atom. The summed E-state index contributed by atoms with van der Waals surface area (Å²) in [5.74, 6) is 0.0401. The van der Waals surface area contributed by atoms with E-state index in [9.17, 15) is 13.2 Å². The molecule has 0 aliphatic heterocycles. The second kappa shape index (κ2) is 12.9. The van der Waals surface area contributed by atoms with Crippen molar-refractivity contribution in [2.24, 2.45) is 11.7 Å². The van der Waals surface area contributed by atoms with Crippen LogP contribution in [0.3, 0.4) is 0 Å². The summed E-state index contributed by atoms with van der Waals surface area (Å²) >= 11 is 11.4. The topological polar surface area (TPSA) is 155 Å². The number of nitrogens with zero attached hydrogens (tertiary/aromatic N) is 4. The lowest BCUT2D eigenvalue weighted by Crippen LogP contribution is -2.45. The predicted octanol–water partition coefficient (Wildman–Crippen LogP) is 4.70. The van der Waals surface area contributed by atoms with Gasteiger partial charge in [0.2, 0.25) is 10.0 Å². The molecular formula is C32H34N8O3S3. The number of carbonyl (C=O) groups excluding carboxylic acids is 1. The maximum absolute atomic E-state index is 13.9. The van der Waals surface area contributed by atoms with Crippen molar-refractivity contribution in [3.63, 3.8) is 0 Å². The number of pyridine rings is 3.